The molecule has 0 heterocycles. The van der Waals surface area contributed by atoms with Crippen molar-refractivity contribution in [1.82, 2.24) is 0 Å². The zero-order chi connectivity index (χ0) is 17.2. The van der Waals surface area contributed by atoms with Crippen LogP contribution in [-0.2, 0) is 14.9 Å². The molecule has 24 heavy (non-hydrogen) atoms. The highest BCUT2D eigenvalue weighted by atomic mass is 16.5. The fraction of sp³-hybridized carbons (Fsp3) is 0.318. The second-order valence-electron chi connectivity index (χ2n) is 6.38. The molecule has 0 bridgehead atoms. The molecule has 0 saturated heterocycles. The van der Waals surface area contributed by atoms with Crippen LogP contribution in [-0.4, -0.2) is 13.1 Å². The van der Waals surface area contributed by atoms with E-state index in [4.69, 9.17) is 4.74 Å². The summed E-state index contributed by atoms with van der Waals surface area (Å²) in [5.41, 5.74) is 5.04. The molecule has 0 amide bonds. The number of benzene rings is 2. The van der Waals surface area contributed by atoms with Crippen LogP contribution in [0.4, 0.5) is 0 Å². The molecule has 0 fully saturated rings. The Bertz CT molecular complexity index is 774. The fourth-order valence-corrected chi connectivity index (χ4v) is 3.72. The molecule has 124 valence electrons. The zero-order valence-corrected chi connectivity index (χ0v) is 14.6. The molecule has 0 aliphatic heterocycles. The van der Waals surface area contributed by atoms with Gasteiger partial charge < -0.3 is 4.74 Å². The summed E-state index contributed by atoms with van der Waals surface area (Å²) in [5, 5.41) is 0. The maximum Gasteiger partial charge on any atom is 0.325 e. The standard InChI is InChI=1S/C22H24O2/c1-4-5-15-19-20(18-14-10-9-11-16(18)2)22(19,21(23)24-3)17-12-7-6-8-13-17/h6-14H,4-5,15H2,1-3H3/t22-/m0/s1. The van der Waals surface area contributed by atoms with E-state index >= 15 is 0 Å². The van der Waals surface area contributed by atoms with Crippen LogP contribution in [0.25, 0.3) is 5.57 Å². The third-order valence-corrected chi connectivity index (χ3v) is 4.96. The lowest BCUT2D eigenvalue weighted by molar-refractivity contribution is -0.142. The van der Waals surface area contributed by atoms with E-state index in [2.05, 4.69) is 26.0 Å². The van der Waals surface area contributed by atoms with E-state index in [9.17, 15) is 4.79 Å². The number of rotatable bonds is 6. The van der Waals surface area contributed by atoms with E-state index in [-0.39, 0.29) is 5.97 Å². The molecule has 0 saturated carbocycles. The van der Waals surface area contributed by atoms with Crippen molar-refractivity contribution in [3.05, 3.63) is 76.9 Å². The molecule has 0 radical (unpaired) electrons. The van der Waals surface area contributed by atoms with E-state index in [1.807, 2.05) is 42.5 Å². The van der Waals surface area contributed by atoms with Gasteiger partial charge in [0.25, 0.3) is 0 Å². The number of esters is 1. The smallest absolute Gasteiger partial charge is 0.325 e. The van der Waals surface area contributed by atoms with Gasteiger partial charge in [-0.1, -0.05) is 67.9 Å². The number of hydrogen-bond acceptors (Lipinski definition) is 2. The maximum absolute atomic E-state index is 12.9. The summed E-state index contributed by atoms with van der Waals surface area (Å²) >= 11 is 0. The zero-order valence-electron chi connectivity index (χ0n) is 14.6. The lowest BCUT2D eigenvalue weighted by atomic mass is 9.84. The number of carbonyl (C=O) groups excluding carboxylic acids is 1. The Hall–Kier alpha value is -2.35. The van der Waals surface area contributed by atoms with Crippen LogP contribution in [0.2, 0.25) is 0 Å². The number of aryl methyl sites for hydroxylation is 1. The van der Waals surface area contributed by atoms with Crippen LogP contribution in [0.3, 0.4) is 0 Å². The Morgan fingerprint density at radius 1 is 1.04 bits per heavy atom. The molecular formula is C22H24O2. The van der Waals surface area contributed by atoms with Gasteiger partial charge in [-0.15, -0.1) is 0 Å². The first-order valence-corrected chi connectivity index (χ1v) is 8.62. The Morgan fingerprint density at radius 3 is 2.33 bits per heavy atom. The highest BCUT2D eigenvalue weighted by Gasteiger charge is 2.61. The minimum atomic E-state index is -0.697. The summed E-state index contributed by atoms with van der Waals surface area (Å²) in [4.78, 5) is 12.9. The Balaban J connectivity index is 2.15. The summed E-state index contributed by atoms with van der Waals surface area (Å²) in [6.07, 6.45) is 3.12. The topological polar surface area (TPSA) is 26.3 Å². The van der Waals surface area contributed by atoms with Crippen molar-refractivity contribution in [1.29, 1.82) is 0 Å². The largest absolute Gasteiger partial charge is 0.468 e. The molecule has 1 aliphatic carbocycles. The highest BCUT2D eigenvalue weighted by Crippen LogP contribution is 2.62. The number of hydrogen-bond donors (Lipinski definition) is 0. The Morgan fingerprint density at radius 2 is 1.71 bits per heavy atom. The molecule has 0 N–H and O–H groups in total. The number of carbonyl (C=O) groups is 1. The number of methoxy groups -OCH3 is 1. The van der Waals surface area contributed by atoms with Gasteiger partial charge in [-0.3, -0.25) is 4.79 Å². The van der Waals surface area contributed by atoms with Gasteiger partial charge in [-0.05, 0) is 47.6 Å². The number of unbranched alkanes of at least 4 members (excludes halogenated alkanes) is 1. The molecule has 0 spiro atoms. The quantitative estimate of drug-likeness (QED) is 0.695. The summed E-state index contributed by atoms with van der Waals surface area (Å²) < 4.78 is 5.25. The van der Waals surface area contributed by atoms with Crippen LogP contribution in [0.5, 0.6) is 0 Å². The van der Waals surface area contributed by atoms with Crippen molar-refractivity contribution in [3.63, 3.8) is 0 Å². The molecule has 0 aromatic heterocycles. The first-order chi connectivity index (χ1) is 11.7. The predicted molar refractivity (Wildman–Crippen MR) is 97.8 cm³/mol. The van der Waals surface area contributed by atoms with E-state index in [0.29, 0.717) is 0 Å². The molecule has 2 heteroatoms. The van der Waals surface area contributed by atoms with E-state index in [1.165, 1.54) is 18.2 Å². The first kappa shape index (κ1) is 16.5. The SMILES string of the molecule is CCCCC1=C(c2ccccc2C)[C@]1(C(=O)OC)c1ccccc1. The van der Waals surface area contributed by atoms with Crippen LogP contribution < -0.4 is 0 Å². The molecule has 3 rings (SSSR count). The first-order valence-electron chi connectivity index (χ1n) is 8.62. The van der Waals surface area contributed by atoms with Gasteiger partial charge in [-0.25, -0.2) is 0 Å². The molecule has 1 atom stereocenters. The summed E-state index contributed by atoms with van der Waals surface area (Å²) in [5.74, 6) is -0.168. The van der Waals surface area contributed by atoms with Crippen LogP contribution in [0.15, 0.2) is 60.2 Å². The monoisotopic (exact) mass is 320 g/mol. The molecule has 2 nitrogen and oxygen atoms in total. The van der Waals surface area contributed by atoms with Crippen LogP contribution >= 0.6 is 0 Å². The van der Waals surface area contributed by atoms with Crippen molar-refractivity contribution >= 4 is 11.5 Å². The van der Waals surface area contributed by atoms with E-state index < -0.39 is 5.41 Å². The van der Waals surface area contributed by atoms with Gasteiger partial charge in [0.05, 0.1) is 7.11 Å². The van der Waals surface area contributed by atoms with Crippen molar-refractivity contribution in [2.24, 2.45) is 0 Å². The molecular weight excluding hydrogens is 296 g/mol. The summed E-state index contributed by atoms with van der Waals surface area (Å²) in [6.45, 7) is 4.28. The second-order valence-corrected chi connectivity index (χ2v) is 6.38. The van der Waals surface area contributed by atoms with Gasteiger partial charge in [0.1, 0.15) is 5.41 Å². The minimum absolute atomic E-state index is 0.168. The number of ether oxygens (including phenoxy) is 1. The van der Waals surface area contributed by atoms with Gasteiger partial charge in [0.2, 0.25) is 0 Å². The van der Waals surface area contributed by atoms with Gasteiger partial charge in [-0.2, -0.15) is 0 Å². The van der Waals surface area contributed by atoms with Gasteiger partial charge in [0.15, 0.2) is 0 Å². The summed E-state index contributed by atoms with van der Waals surface area (Å²) in [6, 6.07) is 18.3. The van der Waals surface area contributed by atoms with Crippen molar-refractivity contribution < 1.29 is 9.53 Å². The van der Waals surface area contributed by atoms with Gasteiger partial charge >= 0.3 is 5.97 Å². The fourth-order valence-electron chi connectivity index (χ4n) is 3.72. The average Bonchev–Trinajstić information content (AvgIpc) is 3.29. The van der Waals surface area contributed by atoms with Gasteiger partial charge in [0, 0.05) is 0 Å². The normalized spacial score (nSPS) is 19.3. The van der Waals surface area contributed by atoms with Crippen LogP contribution in [0.1, 0.15) is 42.9 Å². The lowest BCUT2D eigenvalue weighted by Gasteiger charge is -2.19. The van der Waals surface area contributed by atoms with Crippen molar-refractivity contribution in [2.75, 3.05) is 7.11 Å². The van der Waals surface area contributed by atoms with Crippen molar-refractivity contribution in [3.8, 4) is 0 Å². The second kappa shape index (κ2) is 6.64. The Kier molecular flexibility index (Phi) is 4.57. The molecule has 0 unspecified atom stereocenters. The average molecular weight is 320 g/mol. The molecule has 2 aromatic carbocycles. The predicted octanol–water partition coefficient (Wildman–Crippen LogP) is 5.06. The minimum Gasteiger partial charge on any atom is -0.468 e. The third kappa shape index (κ3) is 2.47. The maximum atomic E-state index is 12.9. The molecule has 1 aliphatic rings. The van der Waals surface area contributed by atoms with Crippen LogP contribution in [0, 0.1) is 6.92 Å². The van der Waals surface area contributed by atoms with E-state index in [1.54, 1.807) is 0 Å². The lowest BCUT2D eigenvalue weighted by Crippen LogP contribution is -2.27. The summed E-state index contributed by atoms with van der Waals surface area (Å²) in [7, 11) is 1.48. The third-order valence-electron chi connectivity index (χ3n) is 4.96. The Labute approximate surface area is 144 Å². The van der Waals surface area contributed by atoms with E-state index in [0.717, 1.165) is 36.0 Å². The van der Waals surface area contributed by atoms with Crippen molar-refractivity contribution in [2.45, 2.75) is 38.5 Å². The molecule has 2 aromatic rings. The highest BCUT2D eigenvalue weighted by molar-refractivity contribution is 6.15.